The Morgan fingerprint density at radius 3 is 2.95 bits per heavy atom. The molecule has 2 heterocycles. The minimum Gasteiger partial charge on any atom is -0.339 e. The highest BCUT2D eigenvalue weighted by Crippen LogP contribution is 2.38. The number of thioether (sulfide) groups is 1. The van der Waals surface area contributed by atoms with Gasteiger partial charge in [0.1, 0.15) is 11.2 Å². The van der Waals surface area contributed by atoms with Crippen LogP contribution in [0, 0.1) is 0 Å². The van der Waals surface area contributed by atoms with Crippen molar-refractivity contribution in [2.45, 2.75) is 18.7 Å². The number of carbonyl (C=O) groups is 1. The predicted octanol–water partition coefficient (Wildman–Crippen LogP) is 3.06. The van der Waals surface area contributed by atoms with Crippen LogP contribution < -0.4 is 0 Å². The molecule has 1 N–H and O–H groups in total. The molecule has 1 saturated heterocycles. The predicted molar refractivity (Wildman–Crippen MR) is 81.2 cm³/mol. The summed E-state index contributed by atoms with van der Waals surface area (Å²) in [5, 5.41) is 0.0763. The Morgan fingerprint density at radius 2 is 2.20 bits per heavy atom. The van der Waals surface area contributed by atoms with E-state index in [0.717, 1.165) is 30.0 Å². The largest absolute Gasteiger partial charge is 0.339 e. The molecule has 1 fully saturated rings. The zero-order valence-electron chi connectivity index (χ0n) is 11.4. The monoisotopic (exact) mass is 287 g/mol. The van der Waals surface area contributed by atoms with Gasteiger partial charge in [0, 0.05) is 12.1 Å². The van der Waals surface area contributed by atoms with Gasteiger partial charge in [-0.1, -0.05) is 37.3 Å². The van der Waals surface area contributed by atoms with E-state index in [9.17, 15) is 4.79 Å². The van der Waals surface area contributed by atoms with Gasteiger partial charge in [-0.3, -0.25) is 4.79 Å². The van der Waals surface area contributed by atoms with Crippen molar-refractivity contribution in [3.05, 3.63) is 42.2 Å². The van der Waals surface area contributed by atoms with Gasteiger partial charge in [0.05, 0.1) is 17.6 Å². The number of rotatable bonds is 4. The van der Waals surface area contributed by atoms with Gasteiger partial charge in [0.15, 0.2) is 0 Å². The molecular formula is C15H17N3OS. The van der Waals surface area contributed by atoms with Crippen molar-refractivity contribution in [2.24, 2.45) is 0 Å². The number of carbonyl (C=O) groups excluding carboxylic acids is 1. The molecule has 5 heteroatoms. The first-order chi connectivity index (χ1) is 9.79. The molecule has 0 spiro atoms. The lowest BCUT2D eigenvalue weighted by atomic mass is 10.2. The van der Waals surface area contributed by atoms with E-state index in [1.165, 1.54) is 0 Å². The summed E-state index contributed by atoms with van der Waals surface area (Å²) in [6, 6.07) is 10.0. The molecule has 1 aromatic carbocycles. The number of imidazole rings is 1. The smallest absolute Gasteiger partial charge is 0.233 e. The van der Waals surface area contributed by atoms with Crippen LogP contribution >= 0.6 is 11.8 Å². The van der Waals surface area contributed by atoms with Crippen LogP contribution in [0.15, 0.2) is 36.5 Å². The van der Waals surface area contributed by atoms with E-state index in [4.69, 9.17) is 0 Å². The van der Waals surface area contributed by atoms with E-state index in [0.29, 0.717) is 5.75 Å². The zero-order chi connectivity index (χ0) is 13.9. The molecule has 104 valence electrons. The molecule has 4 nitrogen and oxygen atoms in total. The summed E-state index contributed by atoms with van der Waals surface area (Å²) in [4.78, 5) is 21.6. The summed E-state index contributed by atoms with van der Waals surface area (Å²) in [7, 11) is 0. The van der Waals surface area contributed by atoms with E-state index >= 15 is 0 Å². The average molecular weight is 287 g/mol. The third kappa shape index (κ3) is 2.45. The molecule has 1 unspecified atom stereocenters. The van der Waals surface area contributed by atoms with Crippen molar-refractivity contribution in [1.29, 1.82) is 0 Å². The number of amides is 1. The standard InChI is InChI=1S/C15H17N3OS/c1-2-8-18-13(19)10-20-15(18)12-9-16-14(17-12)11-6-4-3-5-7-11/h3-7,9,15H,2,8,10H2,1H3,(H,16,17). The first-order valence-electron chi connectivity index (χ1n) is 6.81. The normalized spacial score (nSPS) is 18.8. The summed E-state index contributed by atoms with van der Waals surface area (Å²) in [5.41, 5.74) is 2.07. The van der Waals surface area contributed by atoms with Crippen molar-refractivity contribution >= 4 is 17.7 Å². The second-order valence-corrected chi connectivity index (χ2v) is 5.87. The van der Waals surface area contributed by atoms with E-state index in [1.807, 2.05) is 41.4 Å². The van der Waals surface area contributed by atoms with Crippen LogP contribution in [0.5, 0.6) is 0 Å². The van der Waals surface area contributed by atoms with Gasteiger partial charge in [-0.15, -0.1) is 11.8 Å². The Labute approximate surface area is 122 Å². The van der Waals surface area contributed by atoms with Crippen molar-refractivity contribution < 1.29 is 4.79 Å². The molecule has 1 atom stereocenters. The van der Waals surface area contributed by atoms with Gasteiger partial charge in [0.2, 0.25) is 5.91 Å². The van der Waals surface area contributed by atoms with Gasteiger partial charge >= 0.3 is 0 Å². The lowest BCUT2D eigenvalue weighted by Gasteiger charge is -2.22. The Morgan fingerprint density at radius 1 is 1.40 bits per heavy atom. The molecule has 0 saturated carbocycles. The van der Waals surface area contributed by atoms with Crippen LogP contribution in [0.3, 0.4) is 0 Å². The number of aromatic nitrogens is 2. The van der Waals surface area contributed by atoms with Gasteiger partial charge < -0.3 is 9.88 Å². The second kappa shape index (κ2) is 5.71. The Bertz CT molecular complexity index is 596. The summed E-state index contributed by atoms with van der Waals surface area (Å²) < 4.78 is 0. The van der Waals surface area contributed by atoms with Gasteiger partial charge in [-0.25, -0.2) is 4.98 Å². The maximum Gasteiger partial charge on any atom is 0.233 e. The SMILES string of the molecule is CCCN1C(=O)CSC1c1cnc(-c2ccccc2)[nH]1. The number of benzene rings is 1. The number of H-pyrrole nitrogens is 1. The summed E-state index contributed by atoms with van der Waals surface area (Å²) in [6.45, 7) is 2.89. The summed E-state index contributed by atoms with van der Waals surface area (Å²) in [6.07, 6.45) is 2.82. The third-order valence-electron chi connectivity index (χ3n) is 3.34. The van der Waals surface area contributed by atoms with Crippen molar-refractivity contribution in [3.63, 3.8) is 0 Å². The van der Waals surface area contributed by atoms with E-state index in [1.54, 1.807) is 11.8 Å². The second-order valence-electron chi connectivity index (χ2n) is 4.80. The van der Waals surface area contributed by atoms with Crippen molar-refractivity contribution in [2.75, 3.05) is 12.3 Å². The zero-order valence-corrected chi connectivity index (χ0v) is 12.2. The summed E-state index contributed by atoms with van der Waals surface area (Å²) in [5.74, 6) is 1.64. The molecule has 0 bridgehead atoms. The lowest BCUT2D eigenvalue weighted by Crippen LogP contribution is -2.29. The van der Waals surface area contributed by atoms with Crippen LogP contribution in [0.2, 0.25) is 0 Å². The molecule has 0 radical (unpaired) electrons. The third-order valence-corrected chi connectivity index (χ3v) is 4.58. The van der Waals surface area contributed by atoms with E-state index < -0.39 is 0 Å². The molecule has 1 aliphatic rings. The molecule has 1 amide bonds. The van der Waals surface area contributed by atoms with Crippen molar-refractivity contribution in [1.82, 2.24) is 14.9 Å². The number of nitrogens with one attached hydrogen (secondary N) is 1. The number of nitrogens with zero attached hydrogens (tertiary/aromatic N) is 2. The quantitative estimate of drug-likeness (QED) is 0.940. The fourth-order valence-electron chi connectivity index (χ4n) is 2.40. The van der Waals surface area contributed by atoms with Gasteiger partial charge in [-0.2, -0.15) is 0 Å². The van der Waals surface area contributed by atoms with Crippen LogP contribution in [0.25, 0.3) is 11.4 Å². The fourth-order valence-corrected chi connectivity index (χ4v) is 3.57. The lowest BCUT2D eigenvalue weighted by molar-refractivity contribution is -0.128. The molecule has 20 heavy (non-hydrogen) atoms. The Balaban J connectivity index is 1.85. The van der Waals surface area contributed by atoms with Gasteiger partial charge in [0.25, 0.3) is 0 Å². The Hall–Kier alpha value is -1.75. The maximum atomic E-state index is 11.9. The number of hydrogen-bond acceptors (Lipinski definition) is 3. The van der Waals surface area contributed by atoms with Crippen LogP contribution in [-0.4, -0.2) is 33.1 Å². The molecule has 1 aliphatic heterocycles. The summed E-state index contributed by atoms with van der Waals surface area (Å²) >= 11 is 1.67. The van der Waals surface area contributed by atoms with E-state index in [-0.39, 0.29) is 11.3 Å². The highest BCUT2D eigenvalue weighted by atomic mass is 32.2. The minimum absolute atomic E-state index is 0.0763. The van der Waals surface area contributed by atoms with Crippen LogP contribution in [0.1, 0.15) is 24.4 Å². The first kappa shape index (κ1) is 13.2. The average Bonchev–Trinajstić information content (AvgIpc) is 3.08. The number of hydrogen-bond donors (Lipinski definition) is 1. The van der Waals surface area contributed by atoms with Crippen molar-refractivity contribution in [3.8, 4) is 11.4 Å². The molecular weight excluding hydrogens is 270 g/mol. The fraction of sp³-hybridized carbons (Fsp3) is 0.333. The van der Waals surface area contributed by atoms with E-state index in [2.05, 4.69) is 16.9 Å². The highest BCUT2D eigenvalue weighted by molar-refractivity contribution is 8.00. The number of aromatic amines is 1. The highest BCUT2D eigenvalue weighted by Gasteiger charge is 2.33. The maximum absolute atomic E-state index is 11.9. The molecule has 1 aromatic heterocycles. The van der Waals surface area contributed by atoms with Gasteiger partial charge in [-0.05, 0) is 6.42 Å². The Kier molecular flexibility index (Phi) is 3.78. The molecule has 0 aliphatic carbocycles. The molecule has 2 aromatic rings. The first-order valence-corrected chi connectivity index (χ1v) is 7.86. The topological polar surface area (TPSA) is 49.0 Å². The minimum atomic E-state index is 0.0763. The molecule has 3 rings (SSSR count). The van der Waals surface area contributed by atoms with Crippen LogP contribution in [-0.2, 0) is 4.79 Å². The van der Waals surface area contributed by atoms with Crippen LogP contribution in [0.4, 0.5) is 0 Å².